The highest BCUT2D eigenvalue weighted by Gasteiger charge is 2.28. The number of hydrogen-bond donors (Lipinski definition) is 3. The number of nitrogens with zero attached hydrogens (tertiary/aromatic N) is 1. The minimum Gasteiger partial charge on any atom is -0.380 e. The van der Waals surface area contributed by atoms with E-state index < -0.39 is 0 Å². The lowest BCUT2D eigenvalue weighted by molar-refractivity contribution is -0.122. The highest BCUT2D eigenvalue weighted by atomic mass is 127. The monoisotopic (exact) mass is 460 g/mol. The van der Waals surface area contributed by atoms with Crippen LogP contribution < -0.4 is 16.0 Å². The van der Waals surface area contributed by atoms with Gasteiger partial charge in [-0.2, -0.15) is 0 Å². The topological polar surface area (TPSA) is 74.8 Å². The van der Waals surface area contributed by atoms with Gasteiger partial charge in [-0.25, -0.2) is 4.99 Å². The predicted octanol–water partition coefficient (Wildman–Crippen LogP) is 2.03. The number of carbonyl (C=O) groups is 1. The molecule has 25 heavy (non-hydrogen) atoms. The van der Waals surface area contributed by atoms with Crippen LogP contribution in [0.25, 0.3) is 0 Å². The van der Waals surface area contributed by atoms with Gasteiger partial charge in [-0.3, -0.25) is 4.79 Å². The van der Waals surface area contributed by atoms with E-state index in [1.165, 1.54) is 0 Å². The molecule has 1 aromatic carbocycles. The molecule has 3 N–H and O–H groups in total. The van der Waals surface area contributed by atoms with Crippen LogP contribution in [0, 0.1) is 5.92 Å². The number of aliphatic imine (C=N–C) groups is 1. The van der Waals surface area contributed by atoms with Crippen LogP contribution in [0.1, 0.15) is 30.9 Å². The molecule has 1 aliphatic carbocycles. The summed E-state index contributed by atoms with van der Waals surface area (Å²) in [5.74, 6) is 1.20. The quantitative estimate of drug-likeness (QED) is 0.228. The third-order valence-electron chi connectivity index (χ3n) is 3.76. The van der Waals surface area contributed by atoms with Crippen molar-refractivity contribution in [1.82, 2.24) is 16.0 Å². The summed E-state index contributed by atoms with van der Waals surface area (Å²) in [7, 11) is 1.69. The second-order valence-electron chi connectivity index (χ2n) is 5.94. The number of methoxy groups -OCH3 is 1. The van der Waals surface area contributed by atoms with E-state index in [0.717, 1.165) is 36.5 Å². The lowest BCUT2D eigenvalue weighted by Gasteiger charge is -2.12. The van der Waals surface area contributed by atoms with Gasteiger partial charge in [0, 0.05) is 32.7 Å². The normalized spacial score (nSPS) is 13.8. The zero-order chi connectivity index (χ0) is 17.2. The van der Waals surface area contributed by atoms with Crippen LogP contribution in [0.15, 0.2) is 29.3 Å². The Morgan fingerprint density at radius 2 is 1.76 bits per heavy atom. The zero-order valence-electron chi connectivity index (χ0n) is 15.0. The molecular formula is C18H29IN4O2. The molecule has 1 aromatic rings. The van der Waals surface area contributed by atoms with Crippen LogP contribution in [0.4, 0.5) is 0 Å². The summed E-state index contributed by atoms with van der Waals surface area (Å²) in [6.45, 7) is 5.35. The lowest BCUT2D eigenvalue weighted by atomic mass is 10.1. The van der Waals surface area contributed by atoms with Gasteiger partial charge in [0.25, 0.3) is 0 Å². The molecule has 0 unspecified atom stereocenters. The number of hydrogen-bond acceptors (Lipinski definition) is 3. The Kier molecular flexibility index (Phi) is 10.5. The lowest BCUT2D eigenvalue weighted by Crippen LogP contribution is -2.41. The fraction of sp³-hybridized carbons (Fsp3) is 0.556. The standard InChI is InChI=1S/C18H28N4O2.HI/c1-3-19-18(21-11-10-20-17(23)16-8-9-16)22-12-14-4-6-15(7-5-14)13-24-2;/h4-7,16H,3,8-13H2,1-2H3,(H,20,23)(H2,19,21,22);1H. The van der Waals surface area contributed by atoms with Gasteiger partial charge in [-0.05, 0) is 30.9 Å². The molecule has 1 aliphatic rings. The maximum absolute atomic E-state index is 11.6. The molecule has 1 amide bonds. The van der Waals surface area contributed by atoms with E-state index in [2.05, 4.69) is 45.2 Å². The number of guanidine groups is 1. The largest absolute Gasteiger partial charge is 0.380 e. The van der Waals surface area contributed by atoms with Crippen LogP contribution in [0.2, 0.25) is 0 Å². The van der Waals surface area contributed by atoms with Crippen molar-refractivity contribution in [1.29, 1.82) is 0 Å². The number of ether oxygens (including phenoxy) is 1. The van der Waals surface area contributed by atoms with Gasteiger partial charge >= 0.3 is 0 Å². The first-order valence-electron chi connectivity index (χ1n) is 8.59. The summed E-state index contributed by atoms with van der Waals surface area (Å²) in [5.41, 5.74) is 2.30. The maximum atomic E-state index is 11.6. The van der Waals surface area contributed by atoms with E-state index in [1.807, 2.05) is 6.92 Å². The third kappa shape index (κ3) is 8.53. The van der Waals surface area contributed by atoms with Gasteiger partial charge in [-0.1, -0.05) is 24.3 Å². The minimum absolute atomic E-state index is 0. The first-order chi connectivity index (χ1) is 11.7. The first-order valence-corrected chi connectivity index (χ1v) is 8.59. The van der Waals surface area contributed by atoms with Crippen LogP contribution in [-0.4, -0.2) is 38.6 Å². The van der Waals surface area contributed by atoms with Crippen molar-refractivity contribution < 1.29 is 9.53 Å². The summed E-state index contributed by atoms with van der Waals surface area (Å²) in [6, 6.07) is 8.25. The van der Waals surface area contributed by atoms with E-state index in [0.29, 0.717) is 26.2 Å². The number of rotatable bonds is 9. The number of benzene rings is 1. The van der Waals surface area contributed by atoms with Gasteiger partial charge in [0.15, 0.2) is 5.96 Å². The predicted molar refractivity (Wildman–Crippen MR) is 111 cm³/mol. The Hall–Kier alpha value is -1.35. The van der Waals surface area contributed by atoms with Crippen molar-refractivity contribution in [2.75, 3.05) is 26.7 Å². The van der Waals surface area contributed by atoms with Crippen molar-refractivity contribution in [3.8, 4) is 0 Å². The average Bonchev–Trinajstić information content (AvgIpc) is 3.43. The van der Waals surface area contributed by atoms with E-state index in [9.17, 15) is 4.79 Å². The van der Waals surface area contributed by atoms with E-state index in [1.54, 1.807) is 7.11 Å². The number of amides is 1. The van der Waals surface area contributed by atoms with Crippen molar-refractivity contribution in [2.45, 2.75) is 32.9 Å². The van der Waals surface area contributed by atoms with Crippen LogP contribution in [0.5, 0.6) is 0 Å². The average molecular weight is 460 g/mol. The molecule has 0 spiro atoms. The van der Waals surface area contributed by atoms with Crippen molar-refractivity contribution in [2.24, 2.45) is 10.9 Å². The highest BCUT2D eigenvalue weighted by Crippen LogP contribution is 2.28. The Bertz CT molecular complexity index is 545. The van der Waals surface area contributed by atoms with Gasteiger partial charge < -0.3 is 20.7 Å². The Labute approximate surface area is 167 Å². The second-order valence-corrected chi connectivity index (χ2v) is 5.94. The highest BCUT2D eigenvalue weighted by molar-refractivity contribution is 14.0. The molecule has 1 saturated carbocycles. The number of halogens is 1. The summed E-state index contributed by atoms with van der Waals surface area (Å²) in [4.78, 5) is 16.1. The SMILES string of the molecule is CCNC(=NCc1ccc(COC)cc1)NCCNC(=O)C1CC1.I. The molecule has 0 atom stereocenters. The molecule has 0 radical (unpaired) electrons. The second kappa shape index (κ2) is 12.1. The summed E-state index contributed by atoms with van der Waals surface area (Å²) >= 11 is 0. The zero-order valence-corrected chi connectivity index (χ0v) is 17.3. The molecule has 7 heteroatoms. The minimum atomic E-state index is 0. The molecular weight excluding hydrogens is 431 g/mol. The summed E-state index contributed by atoms with van der Waals surface area (Å²) in [6.07, 6.45) is 2.07. The van der Waals surface area contributed by atoms with Gasteiger partial charge in [0.1, 0.15) is 0 Å². The molecule has 0 saturated heterocycles. The first kappa shape index (κ1) is 21.7. The van der Waals surface area contributed by atoms with E-state index in [4.69, 9.17) is 4.74 Å². The molecule has 0 heterocycles. The molecule has 0 aliphatic heterocycles. The summed E-state index contributed by atoms with van der Waals surface area (Å²) < 4.78 is 5.11. The molecule has 0 bridgehead atoms. The summed E-state index contributed by atoms with van der Waals surface area (Å²) in [5, 5.41) is 9.39. The fourth-order valence-electron chi connectivity index (χ4n) is 2.28. The molecule has 140 valence electrons. The smallest absolute Gasteiger partial charge is 0.223 e. The van der Waals surface area contributed by atoms with Gasteiger partial charge in [-0.15, -0.1) is 24.0 Å². The fourth-order valence-corrected chi connectivity index (χ4v) is 2.28. The van der Waals surface area contributed by atoms with Crippen LogP contribution in [0.3, 0.4) is 0 Å². The number of nitrogens with one attached hydrogen (secondary N) is 3. The molecule has 6 nitrogen and oxygen atoms in total. The number of carbonyl (C=O) groups excluding carboxylic acids is 1. The Balaban J connectivity index is 0.00000312. The Morgan fingerprint density at radius 3 is 2.36 bits per heavy atom. The van der Waals surface area contributed by atoms with Crippen molar-refractivity contribution in [3.63, 3.8) is 0 Å². The molecule has 0 aromatic heterocycles. The van der Waals surface area contributed by atoms with Gasteiger partial charge in [0.05, 0.1) is 13.2 Å². The van der Waals surface area contributed by atoms with E-state index in [-0.39, 0.29) is 35.8 Å². The Morgan fingerprint density at radius 1 is 1.12 bits per heavy atom. The molecule has 2 rings (SSSR count). The van der Waals surface area contributed by atoms with E-state index >= 15 is 0 Å². The van der Waals surface area contributed by atoms with Crippen LogP contribution >= 0.6 is 24.0 Å². The van der Waals surface area contributed by atoms with Gasteiger partial charge in [0.2, 0.25) is 5.91 Å². The maximum Gasteiger partial charge on any atom is 0.223 e. The van der Waals surface area contributed by atoms with Crippen molar-refractivity contribution >= 4 is 35.8 Å². The van der Waals surface area contributed by atoms with Crippen molar-refractivity contribution in [3.05, 3.63) is 35.4 Å². The molecule has 1 fully saturated rings. The van der Waals surface area contributed by atoms with Crippen LogP contribution in [-0.2, 0) is 22.7 Å². The third-order valence-corrected chi connectivity index (χ3v) is 3.76.